The first-order valence-corrected chi connectivity index (χ1v) is 11.8. The van der Waals surface area contributed by atoms with Crippen molar-refractivity contribution in [1.82, 2.24) is 15.1 Å². The average molecular weight is 529 g/mol. The first kappa shape index (κ1) is 26.6. The summed E-state index contributed by atoms with van der Waals surface area (Å²) in [5.74, 6) is -2.74. The molecule has 1 saturated heterocycles. The molecule has 0 atom stereocenters. The van der Waals surface area contributed by atoms with E-state index in [4.69, 9.17) is 0 Å². The highest BCUT2D eigenvalue weighted by molar-refractivity contribution is 5.97. The van der Waals surface area contributed by atoms with E-state index in [1.807, 2.05) is 30.3 Å². The zero-order valence-electron chi connectivity index (χ0n) is 20.1. The predicted molar refractivity (Wildman–Crippen MR) is 132 cm³/mol. The van der Waals surface area contributed by atoms with Crippen LogP contribution in [0.15, 0.2) is 72.8 Å². The van der Waals surface area contributed by atoms with E-state index < -0.39 is 40.8 Å². The van der Waals surface area contributed by atoms with E-state index in [9.17, 15) is 31.9 Å². The standard InChI is InChI=1S/C27H24F4N4O3/c28-19-8-11-23(27(29,30)31)22(16-19)26(38)35-14-12-34(13-15-35)24(36)17-32-25(37)18-6-9-21(10-7-18)33-20-4-2-1-3-5-20/h1-11,16,33H,12-15,17H2,(H,32,37). The Labute approximate surface area is 216 Å². The van der Waals surface area contributed by atoms with Gasteiger partial charge in [0.25, 0.3) is 11.8 Å². The summed E-state index contributed by atoms with van der Waals surface area (Å²) >= 11 is 0. The molecule has 11 heteroatoms. The number of hydrogen-bond donors (Lipinski definition) is 2. The molecule has 2 N–H and O–H groups in total. The van der Waals surface area contributed by atoms with Gasteiger partial charge < -0.3 is 20.4 Å². The molecule has 1 aliphatic heterocycles. The van der Waals surface area contributed by atoms with Gasteiger partial charge in [0.1, 0.15) is 5.82 Å². The minimum atomic E-state index is -4.81. The number of para-hydroxylation sites is 1. The van der Waals surface area contributed by atoms with Crippen LogP contribution in [0.5, 0.6) is 0 Å². The summed E-state index contributed by atoms with van der Waals surface area (Å²) in [6, 6.07) is 18.0. The Balaban J connectivity index is 1.27. The molecule has 0 aliphatic carbocycles. The molecule has 1 aliphatic rings. The summed E-state index contributed by atoms with van der Waals surface area (Å²) < 4.78 is 53.4. The van der Waals surface area contributed by atoms with Crippen LogP contribution in [0, 0.1) is 5.82 Å². The first-order valence-electron chi connectivity index (χ1n) is 11.8. The Morgan fingerprint density at radius 2 is 1.39 bits per heavy atom. The fourth-order valence-corrected chi connectivity index (χ4v) is 4.03. The molecule has 1 fully saturated rings. The van der Waals surface area contributed by atoms with Gasteiger partial charge in [-0.25, -0.2) is 4.39 Å². The molecular formula is C27H24F4N4O3. The number of halogens is 4. The van der Waals surface area contributed by atoms with Gasteiger partial charge >= 0.3 is 6.18 Å². The molecule has 38 heavy (non-hydrogen) atoms. The Morgan fingerprint density at radius 3 is 2.03 bits per heavy atom. The number of rotatable bonds is 6. The van der Waals surface area contributed by atoms with E-state index in [-0.39, 0.29) is 32.7 Å². The maximum Gasteiger partial charge on any atom is 0.417 e. The summed E-state index contributed by atoms with van der Waals surface area (Å²) in [6.07, 6.45) is -4.81. The third kappa shape index (κ3) is 6.47. The van der Waals surface area contributed by atoms with Crippen molar-refractivity contribution in [1.29, 1.82) is 0 Å². The van der Waals surface area contributed by atoms with Crippen molar-refractivity contribution in [2.75, 3.05) is 38.0 Å². The third-order valence-electron chi connectivity index (χ3n) is 6.05. The van der Waals surface area contributed by atoms with Gasteiger partial charge in [-0.3, -0.25) is 14.4 Å². The van der Waals surface area contributed by atoms with Gasteiger partial charge in [0.2, 0.25) is 5.91 Å². The lowest BCUT2D eigenvalue weighted by Crippen LogP contribution is -2.52. The molecule has 0 bridgehead atoms. The number of piperazine rings is 1. The molecule has 3 aromatic rings. The van der Waals surface area contributed by atoms with Crippen molar-refractivity contribution in [2.24, 2.45) is 0 Å². The van der Waals surface area contributed by atoms with E-state index in [2.05, 4.69) is 10.6 Å². The summed E-state index contributed by atoms with van der Waals surface area (Å²) in [4.78, 5) is 40.3. The number of alkyl halides is 3. The van der Waals surface area contributed by atoms with Crippen LogP contribution < -0.4 is 10.6 Å². The fraction of sp³-hybridized carbons (Fsp3) is 0.222. The number of carbonyl (C=O) groups excluding carboxylic acids is 3. The SMILES string of the molecule is O=C(NCC(=O)N1CCN(C(=O)c2cc(F)ccc2C(F)(F)F)CC1)c1ccc(Nc2ccccc2)cc1. The third-order valence-corrected chi connectivity index (χ3v) is 6.05. The lowest BCUT2D eigenvalue weighted by molar-refractivity contribution is -0.138. The molecule has 3 amide bonds. The number of carbonyl (C=O) groups is 3. The lowest BCUT2D eigenvalue weighted by atomic mass is 10.0. The number of nitrogens with zero attached hydrogens (tertiary/aromatic N) is 2. The molecule has 3 aromatic carbocycles. The molecule has 0 saturated carbocycles. The van der Waals surface area contributed by atoms with Gasteiger partial charge in [0.05, 0.1) is 17.7 Å². The van der Waals surface area contributed by atoms with Crippen molar-refractivity contribution < 1.29 is 31.9 Å². The summed E-state index contributed by atoms with van der Waals surface area (Å²) in [7, 11) is 0. The van der Waals surface area contributed by atoms with Gasteiger partial charge in [0, 0.05) is 43.1 Å². The zero-order chi connectivity index (χ0) is 27.3. The summed E-state index contributed by atoms with van der Waals surface area (Å²) in [5.41, 5.74) is 0.0663. The molecule has 0 aromatic heterocycles. The molecular weight excluding hydrogens is 504 g/mol. The van der Waals surface area contributed by atoms with E-state index >= 15 is 0 Å². The predicted octanol–water partition coefficient (Wildman–Crippen LogP) is 4.30. The molecule has 4 rings (SSSR count). The van der Waals surface area contributed by atoms with Crippen molar-refractivity contribution in [3.63, 3.8) is 0 Å². The van der Waals surface area contributed by atoms with Crippen LogP contribution >= 0.6 is 0 Å². The van der Waals surface area contributed by atoms with Crippen LogP contribution in [-0.2, 0) is 11.0 Å². The average Bonchev–Trinajstić information content (AvgIpc) is 2.91. The number of anilines is 2. The van der Waals surface area contributed by atoms with Gasteiger partial charge in [0.15, 0.2) is 0 Å². The number of amides is 3. The van der Waals surface area contributed by atoms with Crippen LogP contribution in [0.3, 0.4) is 0 Å². The topological polar surface area (TPSA) is 81.8 Å². The van der Waals surface area contributed by atoms with Crippen LogP contribution in [0.2, 0.25) is 0 Å². The second kappa shape index (κ2) is 11.3. The molecule has 0 unspecified atom stereocenters. The molecule has 1 heterocycles. The van der Waals surface area contributed by atoms with Gasteiger partial charge in [-0.05, 0) is 54.6 Å². The molecule has 0 spiro atoms. The number of benzene rings is 3. The summed E-state index contributed by atoms with van der Waals surface area (Å²) in [5, 5.41) is 5.76. The minimum Gasteiger partial charge on any atom is -0.356 e. The van der Waals surface area contributed by atoms with Crippen LogP contribution in [0.1, 0.15) is 26.3 Å². The maximum absolute atomic E-state index is 13.6. The number of hydrogen-bond acceptors (Lipinski definition) is 4. The monoisotopic (exact) mass is 528 g/mol. The van der Waals surface area contributed by atoms with Gasteiger partial charge in [-0.2, -0.15) is 13.2 Å². The van der Waals surface area contributed by atoms with Crippen LogP contribution in [-0.4, -0.2) is 60.2 Å². The molecule has 198 valence electrons. The van der Waals surface area contributed by atoms with Crippen molar-refractivity contribution in [3.8, 4) is 0 Å². The second-order valence-corrected chi connectivity index (χ2v) is 8.61. The normalized spacial score (nSPS) is 13.7. The maximum atomic E-state index is 13.6. The van der Waals surface area contributed by atoms with E-state index in [0.29, 0.717) is 23.8 Å². The van der Waals surface area contributed by atoms with E-state index in [0.717, 1.165) is 16.3 Å². The van der Waals surface area contributed by atoms with Crippen LogP contribution in [0.25, 0.3) is 0 Å². The Bertz CT molecular complexity index is 1310. The first-order chi connectivity index (χ1) is 18.1. The van der Waals surface area contributed by atoms with Crippen molar-refractivity contribution >= 4 is 29.1 Å². The highest BCUT2D eigenvalue weighted by atomic mass is 19.4. The lowest BCUT2D eigenvalue weighted by Gasteiger charge is -2.35. The smallest absolute Gasteiger partial charge is 0.356 e. The Hall–Kier alpha value is -4.41. The quantitative estimate of drug-likeness (QED) is 0.468. The summed E-state index contributed by atoms with van der Waals surface area (Å²) in [6.45, 7) is -0.197. The second-order valence-electron chi connectivity index (χ2n) is 8.61. The fourth-order valence-electron chi connectivity index (χ4n) is 4.03. The highest BCUT2D eigenvalue weighted by Gasteiger charge is 2.37. The highest BCUT2D eigenvalue weighted by Crippen LogP contribution is 2.33. The number of nitrogens with one attached hydrogen (secondary N) is 2. The van der Waals surface area contributed by atoms with Gasteiger partial charge in [-0.15, -0.1) is 0 Å². The van der Waals surface area contributed by atoms with Crippen LogP contribution in [0.4, 0.5) is 28.9 Å². The minimum absolute atomic E-state index is 0.0256. The zero-order valence-corrected chi connectivity index (χ0v) is 20.1. The molecule has 7 nitrogen and oxygen atoms in total. The van der Waals surface area contributed by atoms with E-state index in [1.54, 1.807) is 24.3 Å². The Morgan fingerprint density at radius 1 is 0.789 bits per heavy atom. The molecule has 0 radical (unpaired) electrons. The van der Waals surface area contributed by atoms with Gasteiger partial charge in [-0.1, -0.05) is 18.2 Å². The van der Waals surface area contributed by atoms with Crippen molar-refractivity contribution in [2.45, 2.75) is 6.18 Å². The largest absolute Gasteiger partial charge is 0.417 e. The Kier molecular flexibility index (Phi) is 7.94. The van der Waals surface area contributed by atoms with E-state index in [1.165, 1.54) is 4.90 Å². The van der Waals surface area contributed by atoms with Crippen molar-refractivity contribution in [3.05, 3.63) is 95.3 Å².